The summed E-state index contributed by atoms with van der Waals surface area (Å²) in [6.45, 7) is 4.39. The largest absolute Gasteiger partial charge is 0.359 e. The zero-order chi connectivity index (χ0) is 22.1. The van der Waals surface area contributed by atoms with Crippen LogP contribution in [0.4, 0.5) is 5.82 Å². The molecule has 8 heteroatoms. The van der Waals surface area contributed by atoms with Crippen molar-refractivity contribution in [3.05, 3.63) is 64.9 Å². The van der Waals surface area contributed by atoms with Gasteiger partial charge in [0.25, 0.3) is 5.91 Å². The third-order valence-corrected chi connectivity index (χ3v) is 6.66. The van der Waals surface area contributed by atoms with Gasteiger partial charge >= 0.3 is 0 Å². The Morgan fingerprint density at radius 3 is 2.59 bits per heavy atom. The molecule has 0 bridgehead atoms. The average molecular weight is 449 g/mol. The van der Waals surface area contributed by atoms with Crippen LogP contribution in [0.25, 0.3) is 10.9 Å². The van der Waals surface area contributed by atoms with E-state index in [0.717, 1.165) is 43.6 Å². The first-order chi connectivity index (χ1) is 15.6. The van der Waals surface area contributed by atoms with Crippen molar-refractivity contribution < 1.29 is 14.5 Å². The minimum atomic E-state index is -0.460. The number of piperazine rings is 1. The molecule has 5 rings (SSSR count). The van der Waals surface area contributed by atoms with Gasteiger partial charge in [-0.25, -0.2) is 9.55 Å². The Balaban J connectivity index is 1.17. The Morgan fingerprint density at radius 1 is 1.09 bits per heavy atom. The normalized spacial score (nSPS) is 18.6. The number of nitrogens with zero attached hydrogens (tertiary/aromatic N) is 3. The summed E-state index contributed by atoms with van der Waals surface area (Å²) in [6, 6.07) is 17.6. The zero-order valence-electron chi connectivity index (χ0n) is 17.8. The number of rotatable bonds is 5. The highest BCUT2D eigenvalue weighted by atomic mass is 32.1. The SMILES string of the molecule is O=C(CCC1Nc2c3ccccc3nc(=S)n2C1=O)N1CC[NH+](Cc2ccccc2)CC1. The molecule has 1 saturated heterocycles. The third kappa shape index (κ3) is 4.03. The van der Waals surface area contributed by atoms with Crippen LogP contribution < -0.4 is 10.2 Å². The van der Waals surface area contributed by atoms with Crippen molar-refractivity contribution in [1.29, 1.82) is 0 Å². The Labute approximate surface area is 191 Å². The lowest BCUT2D eigenvalue weighted by Crippen LogP contribution is -3.13. The van der Waals surface area contributed by atoms with Gasteiger partial charge in [-0.2, -0.15) is 0 Å². The first kappa shape index (κ1) is 20.8. The summed E-state index contributed by atoms with van der Waals surface area (Å²) in [4.78, 5) is 33.6. The summed E-state index contributed by atoms with van der Waals surface area (Å²) in [7, 11) is 0. The molecule has 0 radical (unpaired) electrons. The molecule has 2 aliphatic rings. The van der Waals surface area contributed by atoms with E-state index < -0.39 is 6.04 Å². The van der Waals surface area contributed by atoms with Gasteiger partial charge in [-0.3, -0.25) is 9.59 Å². The summed E-state index contributed by atoms with van der Waals surface area (Å²) >= 11 is 5.35. The molecule has 2 N–H and O–H groups in total. The minimum Gasteiger partial charge on any atom is -0.359 e. The number of carbonyl (C=O) groups is 2. The maximum absolute atomic E-state index is 12.9. The van der Waals surface area contributed by atoms with Crippen molar-refractivity contribution in [1.82, 2.24) is 14.5 Å². The molecule has 0 spiro atoms. The van der Waals surface area contributed by atoms with E-state index in [0.29, 0.717) is 18.7 Å². The van der Waals surface area contributed by atoms with E-state index in [1.807, 2.05) is 35.2 Å². The lowest BCUT2D eigenvalue weighted by Gasteiger charge is -2.32. The number of quaternary nitrogens is 1. The number of amides is 1. The number of aromatic nitrogens is 2. The molecule has 3 heterocycles. The third-order valence-electron chi connectivity index (χ3n) is 6.39. The van der Waals surface area contributed by atoms with Crippen LogP contribution in [0.2, 0.25) is 0 Å². The van der Waals surface area contributed by atoms with Crippen molar-refractivity contribution >= 4 is 40.8 Å². The topological polar surface area (TPSA) is 71.7 Å². The van der Waals surface area contributed by atoms with E-state index in [9.17, 15) is 9.59 Å². The molecule has 164 valence electrons. The monoisotopic (exact) mass is 448 g/mol. The molecule has 0 aliphatic carbocycles. The molecule has 1 amide bonds. The fourth-order valence-electron chi connectivity index (χ4n) is 4.63. The molecule has 2 aromatic carbocycles. The van der Waals surface area contributed by atoms with Gasteiger partial charge in [0.05, 0.1) is 31.7 Å². The smallest absolute Gasteiger partial charge is 0.257 e. The highest BCUT2D eigenvalue weighted by molar-refractivity contribution is 7.71. The minimum absolute atomic E-state index is 0.112. The summed E-state index contributed by atoms with van der Waals surface area (Å²) in [5.41, 5.74) is 2.09. The molecule has 1 unspecified atom stereocenters. The number of carbonyl (C=O) groups excluding carboxylic acids is 2. The van der Waals surface area contributed by atoms with Crippen LogP contribution in [0.3, 0.4) is 0 Å². The second-order valence-corrected chi connectivity index (χ2v) is 8.83. The van der Waals surface area contributed by atoms with E-state index >= 15 is 0 Å². The maximum atomic E-state index is 12.9. The fourth-order valence-corrected chi connectivity index (χ4v) is 4.90. The van der Waals surface area contributed by atoms with Gasteiger partial charge in [0, 0.05) is 17.4 Å². The van der Waals surface area contributed by atoms with Gasteiger partial charge in [-0.1, -0.05) is 42.5 Å². The molecule has 2 aliphatic heterocycles. The summed E-state index contributed by atoms with van der Waals surface area (Å²) < 4.78 is 1.72. The van der Waals surface area contributed by atoms with Crippen molar-refractivity contribution in [3.63, 3.8) is 0 Å². The van der Waals surface area contributed by atoms with Crippen LogP contribution in [0.1, 0.15) is 23.2 Å². The molecule has 1 fully saturated rings. The van der Waals surface area contributed by atoms with Crippen LogP contribution in [0, 0.1) is 4.77 Å². The summed E-state index contributed by atoms with van der Waals surface area (Å²) in [5, 5.41) is 4.15. The standard InChI is InChI=1S/C24H25N5O2S/c30-21(28-14-12-27(13-15-28)16-17-6-2-1-3-7-17)11-10-20-23(31)29-22(25-20)18-8-4-5-9-19(18)26-24(29)32/h1-9,20,25H,10-16H2/p+1. The van der Waals surface area contributed by atoms with Gasteiger partial charge in [0.15, 0.2) is 0 Å². The van der Waals surface area contributed by atoms with Crippen molar-refractivity contribution in [2.75, 3.05) is 31.5 Å². The predicted molar refractivity (Wildman–Crippen MR) is 125 cm³/mol. The maximum Gasteiger partial charge on any atom is 0.257 e. The number of anilines is 1. The first-order valence-electron chi connectivity index (χ1n) is 11.1. The summed E-state index contributed by atoms with van der Waals surface area (Å²) in [6.07, 6.45) is 0.781. The highest BCUT2D eigenvalue weighted by Gasteiger charge is 2.33. The second-order valence-electron chi connectivity index (χ2n) is 8.46. The average Bonchev–Trinajstić information content (AvgIpc) is 3.16. The first-order valence-corrected chi connectivity index (χ1v) is 11.5. The van der Waals surface area contributed by atoms with Gasteiger partial charge in [-0.05, 0) is 30.8 Å². The van der Waals surface area contributed by atoms with Crippen LogP contribution in [-0.2, 0) is 11.3 Å². The number of fused-ring (bicyclic) bond motifs is 3. The van der Waals surface area contributed by atoms with Crippen molar-refractivity contribution in [3.8, 4) is 0 Å². The van der Waals surface area contributed by atoms with Gasteiger partial charge in [-0.15, -0.1) is 0 Å². The fraction of sp³-hybridized carbons (Fsp3) is 0.333. The number of hydrogen-bond acceptors (Lipinski definition) is 5. The van der Waals surface area contributed by atoms with Crippen molar-refractivity contribution in [2.45, 2.75) is 25.4 Å². The van der Waals surface area contributed by atoms with Crippen LogP contribution in [0.5, 0.6) is 0 Å². The molecule has 1 atom stereocenters. The quantitative estimate of drug-likeness (QED) is 0.584. The van der Waals surface area contributed by atoms with Crippen LogP contribution in [-0.4, -0.2) is 58.5 Å². The van der Waals surface area contributed by atoms with Gasteiger partial charge in [0.1, 0.15) is 18.4 Å². The highest BCUT2D eigenvalue weighted by Crippen LogP contribution is 2.29. The Bertz CT molecular complexity index is 1220. The van der Waals surface area contributed by atoms with Gasteiger partial charge < -0.3 is 15.1 Å². The predicted octanol–water partition coefficient (Wildman–Crippen LogP) is 1.91. The molecular weight excluding hydrogens is 422 g/mol. The molecule has 3 aromatic rings. The van der Waals surface area contributed by atoms with Crippen LogP contribution in [0.15, 0.2) is 54.6 Å². The Hall–Kier alpha value is -3.10. The van der Waals surface area contributed by atoms with Crippen molar-refractivity contribution in [2.24, 2.45) is 0 Å². The van der Waals surface area contributed by atoms with Gasteiger partial charge in [0.2, 0.25) is 10.7 Å². The number of para-hydroxylation sites is 1. The Kier molecular flexibility index (Phi) is 5.71. The zero-order valence-corrected chi connectivity index (χ0v) is 18.6. The van der Waals surface area contributed by atoms with E-state index in [4.69, 9.17) is 12.2 Å². The lowest BCUT2D eigenvalue weighted by molar-refractivity contribution is -0.917. The van der Waals surface area contributed by atoms with E-state index in [1.54, 1.807) is 0 Å². The van der Waals surface area contributed by atoms with E-state index in [1.165, 1.54) is 15.0 Å². The van der Waals surface area contributed by atoms with E-state index in [-0.39, 0.29) is 16.6 Å². The molecule has 0 saturated carbocycles. The van der Waals surface area contributed by atoms with E-state index in [2.05, 4.69) is 34.6 Å². The van der Waals surface area contributed by atoms with Crippen LogP contribution >= 0.6 is 12.2 Å². The number of nitrogens with one attached hydrogen (secondary N) is 2. The summed E-state index contributed by atoms with van der Waals surface area (Å²) in [5.74, 6) is 0.662. The second kappa shape index (κ2) is 8.80. The molecule has 1 aromatic heterocycles. The number of benzene rings is 2. The number of hydrogen-bond donors (Lipinski definition) is 2. The molecule has 7 nitrogen and oxygen atoms in total. The lowest BCUT2D eigenvalue weighted by atomic mass is 10.1. The molecular formula is C24H26N5O2S+. The Morgan fingerprint density at radius 2 is 1.81 bits per heavy atom. The molecule has 32 heavy (non-hydrogen) atoms.